The number of carbonyl (C=O) groups is 1. The van der Waals surface area contributed by atoms with Gasteiger partial charge in [0.25, 0.3) is 0 Å². The van der Waals surface area contributed by atoms with Crippen LogP contribution in [0.5, 0.6) is 0 Å². The number of esters is 1. The number of carbonyl (C=O) groups excluding carboxylic acids is 1. The summed E-state index contributed by atoms with van der Waals surface area (Å²) in [7, 11) is 0.319. The average molecular weight is 274 g/mol. The highest BCUT2D eigenvalue weighted by Gasteiger charge is 2.22. The molecule has 0 atom stereocenters. The summed E-state index contributed by atoms with van der Waals surface area (Å²) in [4.78, 5) is 11.2. The van der Waals surface area contributed by atoms with Crippen molar-refractivity contribution in [1.82, 2.24) is 0 Å². The number of hydrogen-bond acceptors (Lipinski definition) is 6. The lowest BCUT2D eigenvalue weighted by molar-refractivity contribution is 0.0600. The molecule has 0 fully saturated rings. The molecule has 1 aromatic rings. The molecular formula is C11H15O6P. The van der Waals surface area contributed by atoms with Gasteiger partial charge >= 0.3 is 13.8 Å². The lowest BCUT2D eigenvalue weighted by Gasteiger charge is -2.13. The maximum Gasteiger partial charge on any atom is 0.474 e. The minimum absolute atomic E-state index is 0.0560. The molecule has 0 unspecified atom stereocenters. The van der Waals surface area contributed by atoms with Crippen LogP contribution in [0.3, 0.4) is 0 Å². The first-order valence-electron chi connectivity index (χ1n) is 5.08. The van der Waals surface area contributed by atoms with E-state index < -0.39 is 13.8 Å². The van der Waals surface area contributed by atoms with Crippen LogP contribution in [0.1, 0.15) is 15.9 Å². The molecule has 7 heteroatoms. The van der Waals surface area contributed by atoms with Gasteiger partial charge in [-0.25, -0.2) is 9.36 Å². The maximum absolute atomic E-state index is 11.6. The second kappa shape index (κ2) is 6.66. The number of benzene rings is 1. The zero-order valence-electron chi connectivity index (χ0n) is 10.4. The first-order valence-corrected chi connectivity index (χ1v) is 6.54. The van der Waals surface area contributed by atoms with Crippen molar-refractivity contribution >= 4 is 13.8 Å². The van der Waals surface area contributed by atoms with Gasteiger partial charge in [0, 0.05) is 14.2 Å². The van der Waals surface area contributed by atoms with E-state index in [0.717, 1.165) is 5.56 Å². The Bertz CT molecular complexity index is 433. The van der Waals surface area contributed by atoms with Crippen molar-refractivity contribution in [1.29, 1.82) is 0 Å². The van der Waals surface area contributed by atoms with Gasteiger partial charge in [-0.3, -0.25) is 13.6 Å². The maximum atomic E-state index is 11.6. The molecule has 0 heterocycles. The first kappa shape index (κ1) is 14.9. The van der Waals surface area contributed by atoms with E-state index in [9.17, 15) is 9.36 Å². The molecule has 18 heavy (non-hydrogen) atoms. The van der Waals surface area contributed by atoms with E-state index in [1.165, 1.54) is 21.3 Å². The second-order valence-electron chi connectivity index (χ2n) is 3.27. The van der Waals surface area contributed by atoms with E-state index in [2.05, 4.69) is 13.8 Å². The second-order valence-corrected chi connectivity index (χ2v) is 5.16. The molecule has 0 saturated heterocycles. The molecule has 0 N–H and O–H groups in total. The molecular weight excluding hydrogens is 259 g/mol. The van der Waals surface area contributed by atoms with Crippen LogP contribution in [0.25, 0.3) is 0 Å². The fraction of sp³-hybridized carbons (Fsp3) is 0.364. The van der Waals surface area contributed by atoms with Crippen molar-refractivity contribution in [2.45, 2.75) is 6.61 Å². The van der Waals surface area contributed by atoms with Gasteiger partial charge in [-0.15, -0.1) is 0 Å². The summed E-state index contributed by atoms with van der Waals surface area (Å²) in [6, 6.07) is 6.52. The molecule has 6 nitrogen and oxygen atoms in total. The van der Waals surface area contributed by atoms with Crippen LogP contribution in [0.15, 0.2) is 24.3 Å². The predicted molar refractivity (Wildman–Crippen MR) is 64.2 cm³/mol. The summed E-state index contributed by atoms with van der Waals surface area (Å²) in [5.41, 5.74) is 1.17. The van der Waals surface area contributed by atoms with Crippen LogP contribution in [0.4, 0.5) is 0 Å². The van der Waals surface area contributed by atoms with Crippen molar-refractivity contribution in [2.24, 2.45) is 0 Å². The summed E-state index contributed by atoms with van der Waals surface area (Å²) >= 11 is 0. The zero-order valence-corrected chi connectivity index (χ0v) is 11.3. The Morgan fingerprint density at radius 2 is 1.67 bits per heavy atom. The third kappa shape index (κ3) is 3.92. The smallest absolute Gasteiger partial charge is 0.465 e. The van der Waals surface area contributed by atoms with E-state index in [1.807, 2.05) is 0 Å². The van der Waals surface area contributed by atoms with Crippen molar-refractivity contribution < 1.29 is 27.7 Å². The quantitative estimate of drug-likeness (QED) is 0.586. The van der Waals surface area contributed by atoms with Gasteiger partial charge in [-0.2, -0.15) is 0 Å². The third-order valence-electron chi connectivity index (χ3n) is 2.21. The van der Waals surface area contributed by atoms with E-state index in [1.54, 1.807) is 24.3 Å². The Balaban J connectivity index is 2.65. The molecule has 0 radical (unpaired) electrons. The minimum Gasteiger partial charge on any atom is -0.465 e. The highest BCUT2D eigenvalue weighted by molar-refractivity contribution is 7.48. The van der Waals surface area contributed by atoms with Gasteiger partial charge in [-0.1, -0.05) is 12.1 Å². The van der Waals surface area contributed by atoms with E-state index >= 15 is 0 Å². The summed E-state index contributed by atoms with van der Waals surface area (Å²) in [5, 5.41) is 0. The Labute approximate surface area is 105 Å². The molecule has 100 valence electrons. The number of rotatable bonds is 6. The normalized spacial score (nSPS) is 11.3. The van der Waals surface area contributed by atoms with Gasteiger partial charge in [0.15, 0.2) is 0 Å². The molecule has 1 rings (SSSR count). The molecule has 0 bridgehead atoms. The Hall–Kier alpha value is -1.20. The number of methoxy groups -OCH3 is 1. The summed E-state index contributed by atoms with van der Waals surface area (Å²) in [6.07, 6.45) is 0. The average Bonchev–Trinajstić information content (AvgIpc) is 2.44. The molecule has 0 aromatic heterocycles. The Kier molecular flexibility index (Phi) is 5.50. The van der Waals surface area contributed by atoms with Crippen LogP contribution in [0, 0.1) is 0 Å². The molecule has 0 spiro atoms. The standard InChI is InChI=1S/C11H15O6P/c1-14-11(12)10-6-4-9(5-7-10)8-17-18(13,15-2)16-3/h4-7H,8H2,1-3H3. The zero-order chi connectivity index (χ0) is 13.6. The van der Waals surface area contributed by atoms with Gasteiger partial charge in [-0.05, 0) is 17.7 Å². The van der Waals surface area contributed by atoms with E-state index in [0.29, 0.717) is 5.56 Å². The van der Waals surface area contributed by atoms with Crippen LogP contribution in [-0.2, 0) is 29.5 Å². The molecule has 0 aliphatic heterocycles. The number of hydrogen-bond donors (Lipinski definition) is 0. The first-order chi connectivity index (χ1) is 8.54. The Morgan fingerprint density at radius 3 is 2.11 bits per heavy atom. The third-order valence-corrected chi connectivity index (χ3v) is 3.55. The molecule has 0 saturated carbocycles. The van der Waals surface area contributed by atoms with Crippen molar-refractivity contribution in [2.75, 3.05) is 21.3 Å². The van der Waals surface area contributed by atoms with Crippen LogP contribution >= 0.6 is 7.82 Å². The van der Waals surface area contributed by atoms with Crippen molar-refractivity contribution in [3.8, 4) is 0 Å². The summed E-state index contributed by atoms with van der Waals surface area (Å²) < 4.78 is 30.5. The number of phosphoric ester groups is 1. The Morgan fingerprint density at radius 1 is 1.11 bits per heavy atom. The SMILES string of the molecule is COC(=O)c1ccc(COP(=O)(OC)OC)cc1. The molecule has 1 aromatic carbocycles. The lowest BCUT2D eigenvalue weighted by Crippen LogP contribution is -2.01. The number of ether oxygens (including phenoxy) is 1. The lowest BCUT2D eigenvalue weighted by atomic mass is 10.1. The molecule has 0 aliphatic rings. The van der Waals surface area contributed by atoms with Crippen LogP contribution < -0.4 is 0 Å². The highest BCUT2D eigenvalue weighted by atomic mass is 31.2. The van der Waals surface area contributed by atoms with Crippen molar-refractivity contribution in [3.63, 3.8) is 0 Å². The van der Waals surface area contributed by atoms with Crippen molar-refractivity contribution in [3.05, 3.63) is 35.4 Å². The highest BCUT2D eigenvalue weighted by Crippen LogP contribution is 2.48. The molecule has 0 aliphatic carbocycles. The fourth-order valence-corrected chi connectivity index (χ4v) is 1.86. The van der Waals surface area contributed by atoms with Gasteiger partial charge in [0.05, 0.1) is 19.3 Å². The monoisotopic (exact) mass is 274 g/mol. The fourth-order valence-electron chi connectivity index (χ4n) is 1.19. The largest absolute Gasteiger partial charge is 0.474 e. The van der Waals surface area contributed by atoms with E-state index in [-0.39, 0.29) is 6.61 Å². The van der Waals surface area contributed by atoms with E-state index in [4.69, 9.17) is 4.52 Å². The van der Waals surface area contributed by atoms with Crippen LogP contribution in [0.2, 0.25) is 0 Å². The van der Waals surface area contributed by atoms with Gasteiger partial charge in [0.1, 0.15) is 0 Å². The van der Waals surface area contributed by atoms with Crippen LogP contribution in [-0.4, -0.2) is 27.3 Å². The summed E-state index contributed by atoms with van der Waals surface area (Å²) in [5.74, 6) is -0.415. The number of phosphoric acid groups is 1. The topological polar surface area (TPSA) is 71.1 Å². The van der Waals surface area contributed by atoms with Gasteiger partial charge in [0.2, 0.25) is 0 Å². The summed E-state index contributed by atoms with van der Waals surface area (Å²) in [6.45, 7) is 0.0560. The minimum atomic E-state index is -3.47. The predicted octanol–water partition coefficient (Wildman–Crippen LogP) is 2.39. The molecule has 0 amide bonds. The van der Waals surface area contributed by atoms with Gasteiger partial charge < -0.3 is 4.74 Å².